The van der Waals surface area contributed by atoms with Gasteiger partial charge in [-0.2, -0.15) is 0 Å². The summed E-state index contributed by atoms with van der Waals surface area (Å²) < 4.78 is 5.48. The van der Waals surface area contributed by atoms with Crippen molar-refractivity contribution >= 4 is 5.84 Å². The molecule has 0 fully saturated rings. The van der Waals surface area contributed by atoms with Gasteiger partial charge < -0.3 is 15.7 Å². The number of hydrogen-bond acceptors (Lipinski definition) is 4. The molecule has 1 unspecified atom stereocenters. The molecule has 5 heteroatoms. The molecular weight excluding hydrogens is 194 g/mol. The maximum absolute atomic E-state index is 8.44. The third-order valence-electron chi connectivity index (χ3n) is 2.04. The van der Waals surface area contributed by atoms with Crippen molar-refractivity contribution in [3.05, 3.63) is 23.9 Å². The van der Waals surface area contributed by atoms with Crippen LogP contribution in [0.15, 0.2) is 23.5 Å². The second kappa shape index (κ2) is 5.19. The summed E-state index contributed by atoms with van der Waals surface area (Å²) >= 11 is 0. The number of pyridine rings is 1. The van der Waals surface area contributed by atoms with Gasteiger partial charge >= 0.3 is 0 Å². The van der Waals surface area contributed by atoms with E-state index in [9.17, 15) is 0 Å². The third-order valence-corrected chi connectivity index (χ3v) is 2.04. The second-order valence-corrected chi connectivity index (χ2v) is 3.21. The van der Waals surface area contributed by atoms with Crippen molar-refractivity contribution in [2.45, 2.75) is 26.4 Å². The zero-order valence-electron chi connectivity index (χ0n) is 8.84. The summed E-state index contributed by atoms with van der Waals surface area (Å²) in [5.74, 6) is 0.580. The largest absolute Gasteiger partial charge is 0.475 e. The van der Waals surface area contributed by atoms with Gasteiger partial charge in [0.05, 0.1) is 6.10 Å². The van der Waals surface area contributed by atoms with Crippen LogP contribution in [-0.2, 0) is 0 Å². The molecule has 0 saturated carbocycles. The van der Waals surface area contributed by atoms with E-state index >= 15 is 0 Å². The second-order valence-electron chi connectivity index (χ2n) is 3.21. The van der Waals surface area contributed by atoms with Crippen LogP contribution >= 0.6 is 0 Å². The molecule has 0 aliphatic rings. The molecule has 3 N–H and O–H groups in total. The molecule has 0 aromatic carbocycles. The quantitative estimate of drug-likeness (QED) is 0.339. The molecule has 1 aromatic rings. The van der Waals surface area contributed by atoms with E-state index in [0.29, 0.717) is 11.4 Å². The highest BCUT2D eigenvalue weighted by Crippen LogP contribution is 2.10. The standard InChI is InChI=1S/C10H15N3O2/c1-3-7(2)15-9-5-4-8(6-12-9)10(11)13-14/h4-7,14H,3H2,1-2H3,(H2,11,13). The Hall–Kier alpha value is -1.78. The van der Waals surface area contributed by atoms with E-state index in [4.69, 9.17) is 15.7 Å². The van der Waals surface area contributed by atoms with Gasteiger partial charge in [-0.1, -0.05) is 12.1 Å². The SMILES string of the molecule is CCC(C)Oc1ccc(C(N)=NO)cn1. The topological polar surface area (TPSA) is 80.7 Å². The monoisotopic (exact) mass is 209 g/mol. The summed E-state index contributed by atoms with van der Waals surface area (Å²) in [6.45, 7) is 4.01. The molecule has 1 heterocycles. The van der Waals surface area contributed by atoms with Gasteiger partial charge in [-0.25, -0.2) is 4.98 Å². The minimum absolute atomic E-state index is 0.0394. The van der Waals surface area contributed by atoms with E-state index in [-0.39, 0.29) is 11.9 Å². The van der Waals surface area contributed by atoms with E-state index in [2.05, 4.69) is 10.1 Å². The Bertz CT molecular complexity index is 335. The van der Waals surface area contributed by atoms with Crippen molar-refractivity contribution in [2.24, 2.45) is 10.9 Å². The van der Waals surface area contributed by atoms with Crippen LogP contribution in [0.4, 0.5) is 0 Å². The molecule has 0 aliphatic heterocycles. The number of aromatic nitrogens is 1. The number of nitrogens with zero attached hydrogens (tertiary/aromatic N) is 2. The van der Waals surface area contributed by atoms with Crippen molar-refractivity contribution < 1.29 is 9.94 Å². The van der Waals surface area contributed by atoms with Crippen LogP contribution in [0.25, 0.3) is 0 Å². The van der Waals surface area contributed by atoms with Gasteiger partial charge in [0.25, 0.3) is 0 Å². The summed E-state index contributed by atoms with van der Waals surface area (Å²) in [5.41, 5.74) is 5.95. The van der Waals surface area contributed by atoms with Crippen molar-refractivity contribution in [1.29, 1.82) is 0 Å². The van der Waals surface area contributed by atoms with Gasteiger partial charge in [0.15, 0.2) is 5.84 Å². The number of nitrogens with two attached hydrogens (primary N) is 1. The van der Waals surface area contributed by atoms with Gasteiger partial charge in [-0.05, 0) is 19.4 Å². The van der Waals surface area contributed by atoms with Crippen LogP contribution in [-0.4, -0.2) is 22.1 Å². The summed E-state index contributed by atoms with van der Waals surface area (Å²) in [7, 11) is 0. The molecule has 1 aromatic heterocycles. The fourth-order valence-corrected chi connectivity index (χ4v) is 0.949. The molecule has 0 spiro atoms. The summed E-state index contributed by atoms with van der Waals surface area (Å²) in [4.78, 5) is 4.04. The molecule has 1 atom stereocenters. The Labute approximate surface area is 88.6 Å². The third kappa shape index (κ3) is 3.12. The van der Waals surface area contributed by atoms with Crippen LogP contribution in [0.3, 0.4) is 0 Å². The molecule has 0 aliphatic carbocycles. The Morgan fingerprint density at radius 3 is 2.87 bits per heavy atom. The van der Waals surface area contributed by atoms with Crippen molar-refractivity contribution in [3.63, 3.8) is 0 Å². The normalized spacial score (nSPS) is 13.6. The minimum atomic E-state index is 0.0394. The summed E-state index contributed by atoms with van der Waals surface area (Å²) in [5, 5.41) is 11.3. The fourth-order valence-electron chi connectivity index (χ4n) is 0.949. The number of amidine groups is 1. The Balaban J connectivity index is 2.72. The first-order valence-electron chi connectivity index (χ1n) is 4.78. The van der Waals surface area contributed by atoms with Crippen LogP contribution < -0.4 is 10.5 Å². The maximum atomic E-state index is 8.44. The van der Waals surface area contributed by atoms with Gasteiger partial charge in [0, 0.05) is 17.8 Å². The summed E-state index contributed by atoms with van der Waals surface area (Å²) in [6, 6.07) is 3.39. The first-order chi connectivity index (χ1) is 7.17. The van der Waals surface area contributed by atoms with Crippen molar-refractivity contribution in [3.8, 4) is 5.88 Å². The molecule has 5 nitrogen and oxygen atoms in total. The lowest BCUT2D eigenvalue weighted by atomic mass is 10.2. The summed E-state index contributed by atoms with van der Waals surface area (Å²) in [6.07, 6.45) is 2.56. The van der Waals surface area contributed by atoms with Crippen LogP contribution in [0.5, 0.6) is 5.88 Å². The van der Waals surface area contributed by atoms with E-state index in [1.54, 1.807) is 12.1 Å². The molecule has 1 rings (SSSR count). The number of ether oxygens (including phenoxy) is 1. The van der Waals surface area contributed by atoms with Crippen LogP contribution in [0.2, 0.25) is 0 Å². The predicted molar refractivity (Wildman–Crippen MR) is 57.1 cm³/mol. The smallest absolute Gasteiger partial charge is 0.213 e. The first-order valence-corrected chi connectivity index (χ1v) is 4.78. The zero-order valence-corrected chi connectivity index (χ0v) is 8.84. The number of hydrogen-bond donors (Lipinski definition) is 2. The molecule has 0 radical (unpaired) electrons. The predicted octanol–water partition coefficient (Wildman–Crippen LogP) is 1.35. The maximum Gasteiger partial charge on any atom is 0.213 e. The van der Waals surface area contributed by atoms with E-state index in [1.165, 1.54) is 6.20 Å². The van der Waals surface area contributed by atoms with Gasteiger partial charge in [0.2, 0.25) is 5.88 Å². The lowest BCUT2D eigenvalue weighted by Crippen LogP contribution is -2.14. The molecule has 15 heavy (non-hydrogen) atoms. The highest BCUT2D eigenvalue weighted by molar-refractivity contribution is 5.96. The van der Waals surface area contributed by atoms with Gasteiger partial charge in [-0.15, -0.1) is 0 Å². The minimum Gasteiger partial charge on any atom is -0.475 e. The van der Waals surface area contributed by atoms with E-state index in [0.717, 1.165) is 6.42 Å². The molecule has 0 bridgehead atoms. The highest BCUT2D eigenvalue weighted by atomic mass is 16.5. The van der Waals surface area contributed by atoms with E-state index in [1.807, 2.05) is 13.8 Å². The molecule has 82 valence electrons. The van der Waals surface area contributed by atoms with Gasteiger partial charge in [0.1, 0.15) is 0 Å². The van der Waals surface area contributed by atoms with Crippen molar-refractivity contribution in [1.82, 2.24) is 4.98 Å². The molecule has 0 amide bonds. The van der Waals surface area contributed by atoms with Crippen LogP contribution in [0, 0.1) is 0 Å². The molecular formula is C10H15N3O2. The average molecular weight is 209 g/mol. The lowest BCUT2D eigenvalue weighted by Gasteiger charge is -2.11. The first kappa shape index (κ1) is 11.3. The average Bonchev–Trinajstić information content (AvgIpc) is 2.29. The number of rotatable bonds is 4. The Morgan fingerprint density at radius 2 is 2.40 bits per heavy atom. The molecule has 0 saturated heterocycles. The van der Waals surface area contributed by atoms with Gasteiger partial charge in [-0.3, -0.25) is 0 Å². The highest BCUT2D eigenvalue weighted by Gasteiger charge is 2.03. The van der Waals surface area contributed by atoms with E-state index < -0.39 is 0 Å². The fraction of sp³-hybridized carbons (Fsp3) is 0.400. The Morgan fingerprint density at radius 1 is 1.67 bits per heavy atom. The zero-order chi connectivity index (χ0) is 11.3. The number of oxime groups is 1. The Kier molecular flexibility index (Phi) is 3.91. The van der Waals surface area contributed by atoms with Crippen molar-refractivity contribution in [2.75, 3.05) is 0 Å². The lowest BCUT2D eigenvalue weighted by molar-refractivity contribution is 0.208. The van der Waals surface area contributed by atoms with Crippen LogP contribution in [0.1, 0.15) is 25.8 Å².